The monoisotopic (exact) mass is 689 g/mol. The summed E-state index contributed by atoms with van der Waals surface area (Å²) < 4.78 is 7.21. The molecule has 254 valence electrons. The molecule has 0 amide bonds. The Labute approximate surface area is 314 Å². The van der Waals surface area contributed by atoms with Crippen LogP contribution in [0.4, 0.5) is 17.1 Å². The van der Waals surface area contributed by atoms with Crippen molar-refractivity contribution in [3.8, 4) is 44.5 Å². The number of hydrogen-bond donors (Lipinski definition) is 0. The molecule has 10 aromatic rings. The molecule has 0 aliphatic rings. The Morgan fingerprint density at radius 3 is 1.50 bits per heavy atom. The second kappa shape index (κ2) is 13.4. The van der Waals surface area contributed by atoms with Crippen LogP contribution in [-0.4, -0.2) is 0 Å². The maximum atomic E-state index is 7.21. The Hall–Kier alpha value is -7.16. The lowest BCUT2D eigenvalue weighted by Gasteiger charge is -2.28. The molecular weight excluding hydrogens is 655 g/mol. The molecule has 0 N–H and O–H groups in total. The van der Waals surface area contributed by atoms with Gasteiger partial charge in [0.15, 0.2) is 5.58 Å². The van der Waals surface area contributed by atoms with Gasteiger partial charge >= 0.3 is 0 Å². The summed E-state index contributed by atoms with van der Waals surface area (Å²) in [6.07, 6.45) is 0. The first kappa shape index (κ1) is 31.6. The first-order chi connectivity index (χ1) is 26.8. The summed E-state index contributed by atoms with van der Waals surface area (Å²) in [4.78, 5) is 2.36. The van der Waals surface area contributed by atoms with Gasteiger partial charge in [0.25, 0.3) is 0 Å². The third-order valence-corrected chi connectivity index (χ3v) is 10.5. The van der Waals surface area contributed by atoms with E-state index in [4.69, 9.17) is 4.42 Å². The largest absolute Gasteiger partial charge is 0.453 e. The minimum absolute atomic E-state index is 0.847. The molecule has 0 bridgehead atoms. The van der Waals surface area contributed by atoms with Crippen LogP contribution in [-0.2, 0) is 0 Å². The van der Waals surface area contributed by atoms with Gasteiger partial charge in [-0.15, -0.1) is 0 Å². The van der Waals surface area contributed by atoms with Gasteiger partial charge in [-0.1, -0.05) is 182 Å². The number of anilines is 3. The van der Waals surface area contributed by atoms with Crippen molar-refractivity contribution in [2.24, 2.45) is 0 Å². The van der Waals surface area contributed by atoms with Crippen LogP contribution >= 0.6 is 0 Å². The van der Waals surface area contributed by atoms with E-state index in [1.165, 1.54) is 33.0 Å². The fourth-order valence-corrected chi connectivity index (χ4v) is 7.88. The topological polar surface area (TPSA) is 16.4 Å². The fraction of sp³-hybridized carbons (Fsp3) is 0. The highest BCUT2D eigenvalue weighted by atomic mass is 16.3. The standard InChI is InChI=1S/C52H35NO/c1-4-15-36(16-5-1)38-27-29-41(30-28-38)50-45-23-11-10-21-42(45)35-47-46-24-14-26-49(51(46)54-52(47)50)53(43-33-31-39(32-34-43)37-17-6-2-7-18-37)48-25-13-12-22-44(48)40-19-8-3-9-20-40/h1-35H. The van der Waals surface area contributed by atoms with Gasteiger partial charge in [-0.3, -0.25) is 0 Å². The zero-order chi connectivity index (χ0) is 35.8. The van der Waals surface area contributed by atoms with Gasteiger partial charge in [-0.2, -0.15) is 0 Å². The molecular formula is C52H35NO. The van der Waals surface area contributed by atoms with Crippen molar-refractivity contribution < 1.29 is 4.42 Å². The molecule has 0 saturated carbocycles. The summed E-state index contributed by atoms with van der Waals surface area (Å²) in [5.74, 6) is 0. The minimum Gasteiger partial charge on any atom is -0.453 e. The van der Waals surface area contributed by atoms with E-state index in [2.05, 4.69) is 217 Å². The maximum Gasteiger partial charge on any atom is 0.159 e. The molecule has 0 atom stereocenters. The molecule has 0 fully saturated rings. The fourth-order valence-electron chi connectivity index (χ4n) is 7.88. The predicted molar refractivity (Wildman–Crippen MR) is 228 cm³/mol. The zero-order valence-electron chi connectivity index (χ0n) is 29.6. The van der Waals surface area contributed by atoms with Crippen LogP contribution in [0.5, 0.6) is 0 Å². The number of furan rings is 1. The van der Waals surface area contributed by atoms with Gasteiger partial charge in [0.2, 0.25) is 0 Å². The van der Waals surface area contributed by atoms with Crippen LogP contribution in [0.15, 0.2) is 217 Å². The van der Waals surface area contributed by atoms with E-state index >= 15 is 0 Å². The van der Waals surface area contributed by atoms with Crippen molar-refractivity contribution in [3.05, 3.63) is 212 Å². The Bertz CT molecular complexity index is 2890. The van der Waals surface area contributed by atoms with Gasteiger partial charge in [0, 0.05) is 27.6 Å². The first-order valence-electron chi connectivity index (χ1n) is 18.4. The normalized spacial score (nSPS) is 11.3. The molecule has 1 heterocycles. The van der Waals surface area contributed by atoms with Gasteiger partial charge in [-0.25, -0.2) is 0 Å². The number of para-hydroxylation sites is 2. The number of fused-ring (bicyclic) bond motifs is 4. The molecule has 10 rings (SSSR count). The summed E-state index contributed by atoms with van der Waals surface area (Å²) in [5.41, 5.74) is 14.1. The molecule has 2 heteroatoms. The Kier molecular flexibility index (Phi) is 7.85. The number of nitrogens with zero attached hydrogens (tertiary/aromatic N) is 1. The summed E-state index contributed by atoms with van der Waals surface area (Å²) in [5, 5.41) is 4.53. The van der Waals surface area contributed by atoms with E-state index < -0.39 is 0 Å². The number of hydrogen-bond acceptors (Lipinski definition) is 2. The highest BCUT2D eigenvalue weighted by Gasteiger charge is 2.24. The van der Waals surface area contributed by atoms with Crippen molar-refractivity contribution in [1.29, 1.82) is 0 Å². The van der Waals surface area contributed by atoms with E-state index in [1.54, 1.807) is 0 Å². The van der Waals surface area contributed by atoms with Crippen LogP contribution < -0.4 is 4.90 Å². The molecule has 0 radical (unpaired) electrons. The second-order valence-corrected chi connectivity index (χ2v) is 13.7. The van der Waals surface area contributed by atoms with E-state index in [0.717, 1.165) is 61.3 Å². The lowest BCUT2D eigenvalue weighted by Crippen LogP contribution is -2.11. The summed E-state index contributed by atoms with van der Waals surface area (Å²) in [6.45, 7) is 0. The van der Waals surface area contributed by atoms with Crippen LogP contribution in [0, 0.1) is 0 Å². The van der Waals surface area contributed by atoms with Crippen molar-refractivity contribution in [1.82, 2.24) is 0 Å². The zero-order valence-corrected chi connectivity index (χ0v) is 29.6. The average molecular weight is 690 g/mol. The molecule has 1 aromatic heterocycles. The number of rotatable bonds is 7. The molecule has 0 saturated heterocycles. The molecule has 0 aliphatic carbocycles. The number of benzene rings is 9. The lowest BCUT2D eigenvalue weighted by molar-refractivity contribution is 0.670. The quantitative estimate of drug-likeness (QED) is 0.166. The van der Waals surface area contributed by atoms with Crippen molar-refractivity contribution in [2.45, 2.75) is 0 Å². The molecule has 0 spiro atoms. The van der Waals surface area contributed by atoms with E-state index in [-0.39, 0.29) is 0 Å². The maximum absolute atomic E-state index is 7.21. The minimum atomic E-state index is 0.847. The summed E-state index contributed by atoms with van der Waals surface area (Å²) in [7, 11) is 0. The van der Waals surface area contributed by atoms with E-state index in [0.29, 0.717) is 0 Å². The molecule has 9 aromatic carbocycles. The highest BCUT2D eigenvalue weighted by Crippen LogP contribution is 2.48. The predicted octanol–water partition coefficient (Wildman–Crippen LogP) is 14.9. The lowest BCUT2D eigenvalue weighted by atomic mass is 9.94. The Morgan fingerprint density at radius 2 is 0.815 bits per heavy atom. The van der Waals surface area contributed by atoms with Crippen molar-refractivity contribution in [2.75, 3.05) is 4.90 Å². The van der Waals surface area contributed by atoms with Gasteiger partial charge in [0.1, 0.15) is 5.58 Å². The Morgan fingerprint density at radius 1 is 0.315 bits per heavy atom. The molecule has 0 aliphatic heterocycles. The van der Waals surface area contributed by atoms with Crippen LogP contribution in [0.1, 0.15) is 0 Å². The highest BCUT2D eigenvalue weighted by molar-refractivity contribution is 6.20. The van der Waals surface area contributed by atoms with Crippen molar-refractivity contribution in [3.63, 3.8) is 0 Å². The second-order valence-electron chi connectivity index (χ2n) is 13.7. The Balaban J connectivity index is 1.21. The third kappa shape index (κ3) is 5.53. The molecule has 2 nitrogen and oxygen atoms in total. The first-order valence-corrected chi connectivity index (χ1v) is 18.4. The van der Waals surface area contributed by atoms with Crippen LogP contribution in [0.25, 0.3) is 77.2 Å². The van der Waals surface area contributed by atoms with Gasteiger partial charge in [0.05, 0.1) is 11.4 Å². The van der Waals surface area contributed by atoms with Gasteiger partial charge in [-0.05, 0) is 74.5 Å². The third-order valence-electron chi connectivity index (χ3n) is 10.5. The van der Waals surface area contributed by atoms with E-state index in [1.807, 2.05) is 0 Å². The van der Waals surface area contributed by atoms with Crippen LogP contribution in [0.2, 0.25) is 0 Å². The van der Waals surface area contributed by atoms with Crippen molar-refractivity contribution >= 4 is 49.8 Å². The van der Waals surface area contributed by atoms with E-state index in [9.17, 15) is 0 Å². The SMILES string of the molecule is c1ccc(-c2ccc(-c3c4ccccc4cc4c3oc3c(N(c5ccc(-c6ccccc6)cc5)c5ccccc5-c5ccccc5)cccc34)cc2)cc1. The average Bonchev–Trinajstić information content (AvgIpc) is 3.63. The molecule has 0 unspecified atom stereocenters. The molecule has 54 heavy (non-hydrogen) atoms. The summed E-state index contributed by atoms with van der Waals surface area (Å²) in [6, 6.07) is 75.6. The van der Waals surface area contributed by atoms with Crippen LogP contribution in [0.3, 0.4) is 0 Å². The van der Waals surface area contributed by atoms with Gasteiger partial charge < -0.3 is 9.32 Å². The smallest absolute Gasteiger partial charge is 0.159 e. The summed E-state index contributed by atoms with van der Waals surface area (Å²) >= 11 is 0.